The van der Waals surface area contributed by atoms with Gasteiger partial charge < -0.3 is 9.84 Å². The van der Waals surface area contributed by atoms with Crippen LogP contribution in [-0.2, 0) is 0 Å². The molecular formula is C9H12O2S. The maximum atomic E-state index is 8.70. The molecule has 0 saturated carbocycles. The van der Waals surface area contributed by atoms with Gasteiger partial charge in [-0.1, -0.05) is 11.8 Å². The summed E-state index contributed by atoms with van der Waals surface area (Å²) in [6.07, 6.45) is 0. The van der Waals surface area contributed by atoms with E-state index >= 15 is 0 Å². The smallest absolute Gasteiger partial charge is 0.119 e. The normalized spacial score (nSPS) is 9.92. The second-order valence-electron chi connectivity index (χ2n) is 2.40. The van der Waals surface area contributed by atoms with Gasteiger partial charge in [0, 0.05) is 4.90 Å². The minimum absolute atomic E-state index is 0.118. The van der Waals surface area contributed by atoms with Crippen molar-refractivity contribution >= 4 is 11.8 Å². The topological polar surface area (TPSA) is 29.5 Å². The Balaban J connectivity index is 2.87. The molecule has 1 rings (SSSR count). The van der Waals surface area contributed by atoms with E-state index in [-0.39, 0.29) is 5.94 Å². The fourth-order valence-electron chi connectivity index (χ4n) is 0.980. The minimum Gasteiger partial charge on any atom is -0.497 e. The van der Waals surface area contributed by atoms with Crippen LogP contribution in [0.5, 0.6) is 5.75 Å². The Morgan fingerprint density at radius 2 is 2.25 bits per heavy atom. The van der Waals surface area contributed by atoms with Crippen LogP contribution in [0.15, 0.2) is 23.1 Å². The number of aryl methyl sites for hydroxylation is 1. The molecule has 0 aliphatic heterocycles. The number of ether oxygens (including phenoxy) is 1. The predicted octanol–water partition coefficient (Wildman–Crippen LogP) is 2.05. The first kappa shape index (κ1) is 9.42. The second kappa shape index (κ2) is 4.38. The lowest BCUT2D eigenvalue weighted by molar-refractivity contribution is 0.375. The van der Waals surface area contributed by atoms with Gasteiger partial charge in [0.15, 0.2) is 0 Å². The zero-order chi connectivity index (χ0) is 8.97. The van der Waals surface area contributed by atoms with E-state index in [1.807, 2.05) is 25.1 Å². The predicted molar refractivity (Wildman–Crippen MR) is 50.7 cm³/mol. The number of aliphatic hydroxyl groups is 1. The fourth-order valence-corrected chi connectivity index (χ4v) is 1.57. The van der Waals surface area contributed by atoms with Gasteiger partial charge in [0.25, 0.3) is 0 Å². The standard InChI is InChI=1S/C9H12O2S/c1-7-5-8(11-2)3-4-9(7)12-6-10/h3-5,10H,6H2,1-2H3. The largest absolute Gasteiger partial charge is 0.497 e. The summed E-state index contributed by atoms with van der Waals surface area (Å²) in [6.45, 7) is 2.00. The molecule has 12 heavy (non-hydrogen) atoms. The molecule has 0 unspecified atom stereocenters. The number of methoxy groups -OCH3 is 1. The van der Waals surface area contributed by atoms with Crippen LogP contribution in [0.25, 0.3) is 0 Å². The highest BCUT2D eigenvalue weighted by atomic mass is 32.2. The van der Waals surface area contributed by atoms with Gasteiger partial charge in [-0.05, 0) is 30.7 Å². The van der Waals surface area contributed by atoms with Crippen molar-refractivity contribution in [2.45, 2.75) is 11.8 Å². The summed E-state index contributed by atoms with van der Waals surface area (Å²) in [5.74, 6) is 0.975. The third kappa shape index (κ3) is 2.16. The number of hydrogen-bond donors (Lipinski definition) is 1. The molecule has 66 valence electrons. The molecule has 0 spiro atoms. The second-order valence-corrected chi connectivity index (χ2v) is 3.39. The first-order valence-corrected chi connectivity index (χ1v) is 4.65. The van der Waals surface area contributed by atoms with Gasteiger partial charge in [-0.2, -0.15) is 0 Å². The molecule has 0 atom stereocenters. The molecule has 1 aromatic carbocycles. The van der Waals surface area contributed by atoms with E-state index in [4.69, 9.17) is 9.84 Å². The molecule has 0 amide bonds. The first-order chi connectivity index (χ1) is 5.77. The van der Waals surface area contributed by atoms with E-state index < -0.39 is 0 Å². The summed E-state index contributed by atoms with van der Waals surface area (Å²) < 4.78 is 5.06. The number of hydrogen-bond acceptors (Lipinski definition) is 3. The molecule has 0 aliphatic carbocycles. The maximum Gasteiger partial charge on any atom is 0.119 e. The molecule has 0 aliphatic rings. The van der Waals surface area contributed by atoms with Crippen LogP contribution in [0.1, 0.15) is 5.56 Å². The summed E-state index contributed by atoms with van der Waals surface area (Å²) in [5, 5.41) is 8.70. The van der Waals surface area contributed by atoms with E-state index in [1.165, 1.54) is 11.8 Å². The lowest BCUT2D eigenvalue weighted by Crippen LogP contribution is -1.86. The average molecular weight is 184 g/mol. The van der Waals surface area contributed by atoms with Gasteiger partial charge in [-0.3, -0.25) is 0 Å². The van der Waals surface area contributed by atoms with Gasteiger partial charge in [-0.25, -0.2) is 0 Å². The van der Waals surface area contributed by atoms with Crippen molar-refractivity contribution in [1.29, 1.82) is 0 Å². The number of thioether (sulfide) groups is 1. The Bertz CT molecular complexity index is 261. The fraction of sp³-hybridized carbons (Fsp3) is 0.333. The molecule has 0 heterocycles. The highest BCUT2D eigenvalue weighted by Gasteiger charge is 1.99. The monoisotopic (exact) mass is 184 g/mol. The van der Waals surface area contributed by atoms with E-state index in [2.05, 4.69) is 0 Å². The van der Waals surface area contributed by atoms with Gasteiger partial charge in [0.1, 0.15) is 5.75 Å². The maximum absolute atomic E-state index is 8.70. The quantitative estimate of drug-likeness (QED) is 0.576. The molecular weight excluding hydrogens is 172 g/mol. The third-order valence-electron chi connectivity index (χ3n) is 1.60. The Hall–Kier alpha value is -0.670. The van der Waals surface area contributed by atoms with E-state index in [0.29, 0.717) is 0 Å². The molecule has 3 heteroatoms. The highest BCUT2D eigenvalue weighted by molar-refractivity contribution is 7.99. The van der Waals surface area contributed by atoms with Gasteiger partial charge in [0.05, 0.1) is 13.0 Å². The Morgan fingerprint density at radius 3 is 2.75 bits per heavy atom. The molecule has 1 aromatic rings. The van der Waals surface area contributed by atoms with Crippen molar-refractivity contribution < 1.29 is 9.84 Å². The number of rotatable bonds is 3. The van der Waals surface area contributed by atoms with Crippen LogP contribution < -0.4 is 4.74 Å². The number of benzene rings is 1. The van der Waals surface area contributed by atoms with Crippen LogP contribution in [0.2, 0.25) is 0 Å². The molecule has 0 radical (unpaired) electrons. The zero-order valence-corrected chi connectivity index (χ0v) is 8.02. The molecule has 1 N–H and O–H groups in total. The van der Waals surface area contributed by atoms with Gasteiger partial charge in [-0.15, -0.1) is 0 Å². The summed E-state index contributed by atoms with van der Waals surface area (Å²) >= 11 is 1.42. The van der Waals surface area contributed by atoms with Crippen molar-refractivity contribution in [3.63, 3.8) is 0 Å². The molecule has 0 bridgehead atoms. The average Bonchev–Trinajstić information content (AvgIpc) is 2.09. The van der Waals surface area contributed by atoms with Crippen LogP contribution in [0.3, 0.4) is 0 Å². The minimum atomic E-state index is 0.118. The van der Waals surface area contributed by atoms with E-state index in [0.717, 1.165) is 16.2 Å². The summed E-state index contributed by atoms with van der Waals surface area (Å²) in [6, 6.07) is 5.80. The van der Waals surface area contributed by atoms with Gasteiger partial charge in [0.2, 0.25) is 0 Å². The summed E-state index contributed by atoms with van der Waals surface area (Å²) in [7, 11) is 1.65. The molecule has 0 saturated heterocycles. The summed E-state index contributed by atoms with van der Waals surface area (Å²) in [4.78, 5) is 1.10. The molecule has 0 aromatic heterocycles. The van der Waals surface area contributed by atoms with Crippen molar-refractivity contribution in [2.75, 3.05) is 13.0 Å². The zero-order valence-electron chi connectivity index (χ0n) is 7.20. The van der Waals surface area contributed by atoms with E-state index in [1.54, 1.807) is 7.11 Å². The van der Waals surface area contributed by atoms with Crippen LogP contribution in [0, 0.1) is 6.92 Å². The van der Waals surface area contributed by atoms with Crippen molar-refractivity contribution in [2.24, 2.45) is 0 Å². The Kier molecular flexibility index (Phi) is 3.44. The first-order valence-electron chi connectivity index (χ1n) is 3.66. The number of aliphatic hydroxyl groups excluding tert-OH is 1. The lowest BCUT2D eigenvalue weighted by Gasteiger charge is -2.05. The van der Waals surface area contributed by atoms with Crippen molar-refractivity contribution in [3.05, 3.63) is 23.8 Å². The molecule has 2 nitrogen and oxygen atoms in total. The Morgan fingerprint density at radius 1 is 1.50 bits per heavy atom. The third-order valence-corrected chi connectivity index (χ3v) is 2.50. The molecule has 0 fully saturated rings. The van der Waals surface area contributed by atoms with Crippen molar-refractivity contribution in [3.8, 4) is 5.75 Å². The van der Waals surface area contributed by atoms with Crippen LogP contribution in [0.4, 0.5) is 0 Å². The summed E-state index contributed by atoms with van der Waals surface area (Å²) in [5.41, 5.74) is 1.13. The lowest BCUT2D eigenvalue weighted by atomic mass is 10.2. The SMILES string of the molecule is COc1ccc(SCO)c(C)c1. The van der Waals surface area contributed by atoms with Gasteiger partial charge >= 0.3 is 0 Å². The highest BCUT2D eigenvalue weighted by Crippen LogP contribution is 2.24. The van der Waals surface area contributed by atoms with Crippen LogP contribution in [-0.4, -0.2) is 18.2 Å². The van der Waals surface area contributed by atoms with Crippen LogP contribution >= 0.6 is 11.8 Å². The van der Waals surface area contributed by atoms with E-state index in [9.17, 15) is 0 Å². The van der Waals surface area contributed by atoms with Crippen molar-refractivity contribution in [1.82, 2.24) is 0 Å². The Labute approximate surface area is 76.6 Å².